The van der Waals surface area contributed by atoms with E-state index in [-0.39, 0.29) is 5.56 Å². The molecule has 1 N–H and O–H groups in total. The monoisotopic (exact) mass is 368 g/mol. The number of hydrogen-bond acceptors (Lipinski definition) is 3. The zero-order valence-corrected chi connectivity index (χ0v) is 13.4. The Bertz CT molecular complexity index is 638. The lowest BCUT2D eigenvalue weighted by atomic mass is 10.2. The maximum absolute atomic E-state index is 12.0. The van der Waals surface area contributed by atoms with E-state index < -0.39 is 16.8 Å². The van der Waals surface area contributed by atoms with Crippen molar-refractivity contribution in [3.63, 3.8) is 0 Å². The molecule has 0 bridgehead atoms. The van der Waals surface area contributed by atoms with Gasteiger partial charge in [0.2, 0.25) is 0 Å². The first-order valence-electron chi connectivity index (χ1n) is 6.16. The van der Waals surface area contributed by atoms with Gasteiger partial charge in [-0.1, -0.05) is 15.9 Å². The summed E-state index contributed by atoms with van der Waals surface area (Å²) in [5.74, 6) is 0.0741. The van der Waals surface area contributed by atoms with Crippen LogP contribution >= 0.6 is 15.9 Å². The third-order valence-corrected chi connectivity index (χ3v) is 4.58. The van der Waals surface area contributed by atoms with E-state index in [1.807, 2.05) is 24.3 Å². The summed E-state index contributed by atoms with van der Waals surface area (Å²) in [7, 11) is -1.21. The number of carboxylic acid groups (broad SMARTS) is 1. The summed E-state index contributed by atoms with van der Waals surface area (Å²) in [6.45, 7) is 0.328. The molecule has 0 aromatic heterocycles. The van der Waals surface area contributed by atoms with Gasteiger partial charge in [-0.3, -0.25) is 4.21 Å². The van der Waals surface area contributed by atoms with Crippen molar-refractivity contribution in [1.82, 2.24) is 0 Å². The SMILES string of the molecule is O=C(O)c1ccc(S(=O)CCOc2ccc(Br)cc2)cc1. The molecule has 1 unspecified atom stereocenters. The van der Waals surface area contributed by atoms with Gasteiger partial charge in [0.1, 0.15) is 12.4 Å². The quantitative estimate of drug-likeness (QED) is 0.849. The molecule has 2 aromatic rings. The highest BCUT2D eigenvalue weighted by Gasteiger charge is 2.07. The van der Waals surface area contributed by atoms with Crippen LogP contribution in [-0.4, -0.2) is 27.6 Å². The molecule has 0 saturated heterocycles. The highest BCUT2D eigenvalue weighted by Crippen LogP contribution is 2.16. The van der Waals surface area contributed by atoms with Crippen molar-refractivity contribution in [3.8, 4) is 5.75 Å². The number of halogens is 1. The van der Waals surface area contributed by atoms with Gasteiger partial charge in [0.15, 0.2) is 0 Å². The molecule has 0 heterocycles. The van der Waals surface area contributed by atoms with E-state index in [1.165, 1.54) is 12.1 Å². The highest BCUT2D eigenvalue weighted by molar-refractivity contribution is 9.10. The molecule has 0 radical (unpaired) electrons. The summed E-state index contributed by atoms with van der Waals surface area (Å²) in [4.78, 5) is 11.3. The third kappa shape index (κ3) is 4.68. The Morgan fingerprint density at radius 2 is 1.71 bits per heavy atom. The molecule has 0 fully saturated rings. The van der Waals surface area contributed by atoms with Gasteiger partial charge >= 0.3 is 5.97 Å². The van der Waals surface area contributed by atoms with Crippen molar-refractivity contribution in [3.05, 3.63) is 58.6 Å². The number of benzene rings is 2. The van der Waals surface area contributed by atoms with Crippen molar-refractivity contribution >= 4 is 32.7 Å². The maximum Gasteiger partial charge on any atom is 0.335 e. The van der Waals surface area contributed by atoms with Crippen molar-refractivity contribution in [2.45, 2.75) is 4.90 Å². The molecule has 0 saturated carbocycles. The van der Waals surface area contributed by atoms with Crippen LogP contribution < -0.4 is 4.74 Å². The fourth-order valence-corrected chi connectivity index (χ4v) is 2.81. The van der Waals surface area contributed by atoms with Gasteiger partial charge in [-0.2, -0.15) is 0 Å². The van der Waals surface area contributed by atoms with E-state index in [4.69, 9.17) is 9.84 Å². The van der Waals surface area contributed by atoms with E-state index in [1.54, 1.807) is 12.1 Å². The number of aromatic carboxylic acids is 1. The Hall–Kier alpha value is -1.66. The van der Waals surface area contributed by atoms with Crippen LogP contribution in [0.2, 0.25) is 0 Å². The van der Waals surface area contributed by atoms with Crippen LogP contribution in [0.5, 0.6) is 5.75 Å². The van der Waals surface area contributed by atoms with Crippen molar-refractivity contribution in [2.75, 3.05) is 12.4 Å². The van der Waals surface area contributed by atoms with Crippen LogP contribution in [0.1, 0.15) is 10.4 Å². The molecule has 0 aliphatic rings. The van der Waals surface area contributed by atoms with E-state index >= 15 is 0 Å². The lowest BCUT2D eigenvalue weighted by Gasteiger charge is -2.06. The zero-order chi connectivity index (χ0) is 15.2. The average Bonchev–Trinajstić information content (AvgIpc) is 2.49. The summed E-state index contributed by atoms with van der Waals surface area (Å²) < 4.78 is 18.5. The Kier molecular flexibility index (Phi) is 5.52. The normalized spacial score (nSPS) is 11.9. The van der Waals surface area contributed by atoms with Gasteiger partial charge in [-0.05, 0) is 48.5 Å². The van der Waals surface area contributed by atoms with Crippen molar-refractivity contribution in [2.24, 2.45) is 0 Å². The van der Waals surface area contributed by atoms with E-state index in [0.717, 1.165) is 10.2 Å². The number of hydrogen-bond donors (Lipinski definition) is 1. The van der Waals surface area contributed by atoms with Gasteiger partial charge in [0.05, 0.1) is 22.1 Å². The molecule has 1 atom stereocenters. The summed E-state index contributed by atoms with van der Waals surface area (Å²) >= 11 is 3.34. The van der Waals surface area contributed by atoms with Crippen LogP contribution in [0.25, 0.3) is 0 Å². The lowest BCUT2D eigenvalue weighted by molar-refractivity contribution is 0.0697. The molecule has 0 aliphatic carbocycles. The molecular formula is C15H13BrO4S. The molecule has 2 aromatic carbocycles. The minimum atomic E-state index is -1.21. The number of carbonyl (C=O) groups is 1. The standard InChI is InChI=1S/C15H13BrO4S/c16-12-3-5-13(6-4-12)20-9-10-21(19)14-7-1-11(2-8-14)15(17)18/h1-8H,9-10H2,(H,17,18). The van der Waals surface area contributed by atoms with Crippen molar-refractivity contribution in [1.29, 1.82) is 0 Å². The molecule has 2 rings (SSSR count). The second kappa shape index (κ2) is 7.38. The van der Waals surface area contributed by atoms with Crippen LogP contribution in [0.15, 0.2) is 57.9 Å². The first-order valence-corrected chi connectivity index (χ1v) is 8.27. The minimum absolute atomic E-state index is 0.182. The molecule has 4 nitrogen and oxygen atoms in total. The molecular weight excluding hydrogens is 356 g/mol. The first-order chi connectivity index (χ1) is 10.1. The van der Waals surface area contributed by atoms with Crippen LogP contribution in [-0.2, 0) is 10.8 Å². The molecule has 0 aliphatic heterocycles. The third-order valence-electron chi connectivity index (χ3n) is 2.72. The van der Waals surface area contributed by atoms with Gasteiger partial charge in [-0.15, -0.1) is 0 Å². The Morgan fingerprint density at radius 1 is 1.10 bits per heavy atom. The average molecular weight is 369 g/mol. The van der Waals surface area contributed by atoms with E-state index in [9.17, 15) is 9.00 Å². The van der Waals surface area contributed by atoms with Crippen LogP contribution in [0.4, 0.5) is 0 Å². The maximum atomic E-state index is 12.0. The highest BCUT2D eigenvalue weighted by atomic mass is 79.9. The van der Waals surface area contributed by atoms with E-state index in [0.29, 0.717) is 17.3 Å². The van der Waals surface area contributed by atoms with Crippen LogP contribution in [0, 0.1) is 0 Å². The topological polar surface area (TPSA) is 63.6 Å². The minimum Gasteiger partial charge on any atom is -0.493 e. The van der Waals surface area contributed by atoms with E-state index in [2.05, 4.69) is 15.9 Å². The Morgan fingerprint density at radius 3 is 2.29 bits per heavy atom. The predicted octanol–water partition coefficient (Wildman–Crippen LogP) is 3.33. The second-order valence-electron chi connectivity index (χ2n) is 4.18. The number of carboxylic acids is 1. The first kappa shape index (κ1) is 15.7. The zero-order valence-electron chi connectivity index (χ0n) is 11.0. The van der Waals surface area contributed by atoms with Gasteiger partial charge in [0, 0.05) is 9.37 Å². The summed E-state index contributed by atoms with van der Waals surface area (Å²) in [5.41, 5.74) is 0.182. The molecule has 21 heavy (non-hydrogen) atoms. The Balaban J connectivity index is 1.86. The molecule has 0 spiro atoms. The molecule has 0 amide bonds. The predicted molar refractivity (Wildman–Crippen MR) is 84.3 cm³/mol. The van der Waals surface area contributed by atoms with Crippen molar-refractivity contribution < 1.29 is 18.8 Å². The van der Waals surface area contributed by atoms with Gasteiger partial charge < -0.3 is 9.84 Å². The van der Waals surface area contributed by atoms with Gasteiger partial charge in [0.25, 0.3) is 0 Å². The Labute approximate surface area is 133 Å². The smallest absolute Gasteiger partial charge is 0.335 e. The summed E-state index contributed by atoms with van der Waals surface area (Å²) in [6, 6.07) is 13.4. The van der Waals surface area contributed by atoms with Gasteiger partial charge in [-0.25, -0.2) is 4.79 Å². The second-order valence-corrected chi connectivity index (χ2v) is 6.67. The fraction of sp³-hybridized carbons (Fsp3) is 0.133. The summed E-state index contributed by atoms with van der Waals surface area (Å²) in [6.07, 6.45) is 0. The lowest BCUT2D eigenvalue weighted by Crippen LogP contribution is -2.09. The van der Waals surface area contributed by atoms with Crippen LogP contribution in [0.3, 0.4) is 0 Å². The fourth-order valence-electron chi connectivity index (χ4n) is 1.63. The largest absolute Gasteiger partial charge is 0.493 e. The molecule has 6 heteroatoms. The summed E-state index contributed by atoms with van der Waals surface area (Å²) in [5, 5.41) is 8.80. The molecule has 110 valence electrons. The number of rotatable bonds is 6. The number of ether oxygens (including phenoxy) is 1.